The van der Waals surface area contributed by atoms with Crippen LogP contribution in [0.5, 0.6) is 0 Å². The lowest BCUT2D eigenvalue weighted by atomic mass is 9.81. The van der Waals surface area contributed by atoms with Crippen LogP contribution in [0.3, 0.4) is 0 Å². The van der Waals surface area contributed by atoms with Gasteiger partial charge in [-0.25, -0.2) is 9.97 Å². The molecule has 2 aromatic rings. The first-order valence-electron chi connectivity index (χ1n) is 9.88. The van der Waals surface area contributed by atoms with Crippen LogP contribution >= 0.6 is 0 Å². The van der Waals surface area contributed by atoms with Crippen LogP contribution in [0, 0.1) is 5.92 Å². The predicted molar refractivity (Wildman–Crippen MR) is 105 cm³/mol. The minimum absolute atomic E-state index is 0.466. The number of rotatable bonds is 6. The van der Waals surface area contributed by atoms with Gasteiger partial charge in [0.15, 0.2) is 5.82 Å². The van der Waals surface area contributed by atoms with Crippen molar-refractivity contribution in [1.29, 1.82) is 0 Å². The Hall–Kier alpha value is -1.86. The van der Waals surface area contributed by atoms with Crippen LogP contribution < -0.4 is 10.9 Å². The predicted octanol–water partition coefficient (Wildman–Crippen LogP) is 2.10. The molecule has 1 aromatic carbocycles. The summed E-state index contributed by atoms with van der Waals surface area (Å²) in [4.78, 5) is 11.3. The van der Waals surface area contributed by atoms with Crippen molar-refractivity contribution >= 4 is 0 Å². The Kier molecular flexibility index (Phi) is 6.09. The Morgan fingerprint density at radius 1 is 1.19 bits per heavy atom. The summed E-state index contributed by atoms with van der Waals surface area (Å²) < 4.78 is 5.09. The van der Waals surface area contributed by atoms with Gasteiger partial charge in [0.25, 0.3) is 0 Å². The fourth-order valence-corrected chi connectivity index (χ4v) is 4.44. The SMILES string of the molecule is COCc1ncc(CN2CCCC(C3NNCC3c3ccccc3)C2)cn1. The zero-order valence-electron chi connectivity index (χ0n) is 16.0. The molecule has 3 atom stereocenters. The molecule has 2 fully saturated rings. The van der Waals surface area contributed by atoms with Crippen molar-refractivity contribution in [3.63, 3.8) is 0 Å². The van der Waals surface area contributed by atoms with Gasteiger partial charge in [0.1, 0.15) is 6.61 Å². The number of ether oxygens (including phenoxy) is 1. The maximum Gasteiger partial charge on any atom is 0.153 e. The average molecular weight is 367 g/mol. The van der Waals surface area contributed by atoms with E-state index >= 15 is 0 Å². The molecule has 4 rings (SSSR count). The molecule has 2 N–H and O–H groups in total. The fourth-order valence-electron chi connectivity index (χ4n) is 4.44. The van der Waals surface area contributed by atoms with Gasteiger partial charge in [-0.1, -0.05) is 30.3 Å². The van der Waals surface area contributed by atoms with E-state index in [0.29, 0.717) is 24.5 Å². The van der Waals surface area contributed by atoms with E-state index in [4.69, 9.17) is 4.74 Å². The van der Waals surface area contributed by atoms with Crippen molar-refractivity contribution in [3.8, 4) is 0 Å². The summed E-state index contributed by atoms with van der Waals surface area (Å²) in [5.41, 5.74) is 9.57. The lowest BCUT2D eigenvalue weighted by Gasteiger charge is -2.37. The van der Waals surface area contributed by atoms with Crippen LogP contribution in [0.15, 0.2) is 42.7 Å². The quantitative estimate of drug-likeness (QED) is 0.815. The third-order valence-corrected chi connectivity index (χ3v) is 5.74. The molecule has 0 radical (unpaired) electrons. The van der Waals surface area contributed by atoms with Crippen LogP contribution in [-0.4, -0.2) is 47.7 Å². The van der Waals surface area contributed by atoms with Crippen molar-refractivity contribution in [2.45, 2.75) is 38.0 Å². The van der Waals surface area contributed by atoms with Gasteiger partial charge in [-0.15, -0.1) is 0 Å². The zero-order valence-corrected chi connectivity index (χ0v) is 16.0. The molecule has 6 nitrogen and oxygen atoms in total. The lowest BCUT2D eigenvalue weighted by molar-refractivity contribution is 0.139. The highest BCUT2D eigenvalue weighted by atomic mass is 16.5. The normalized spacial score (nSPS) is 26.3. The Bertz CT molecular complexity index is 708. The summed E-state index contributed by atoms with van der Waals surface area (Å²) >= 11 is 0. The number of likely N-dealkylation sites (tertiary alicyclic amines) is 1. The first-order chi connectivity index (χ1) is 13.3. The molecule has 1 aromatic heterocycles. The van der Waals surface area contributed by atoms with Crippen LogP contribution in [0.25, 0.3) is 0 Å². The standard InChI is InChI=1S/C21H29N5O/c1-27-15-20-22-10-16(11-23-20)13-26-9-5-8-18(14-26)21-19(12-24-25-21)17-6-3-2-4-7-17/h2-4,6-7,10-11,18-19,21,24-25H,5,8-9,12-15H2,1H3. The molecule has 0 amide bonds. The highest BCUT2D eigenvalue weighted by Crippen LogP contribution is 2.31. The molecular weight excluding hydrogens is 338 g/mol. The monoisotopic (exact) mass is 367 g/mol. The molecule has 0 bridgehead atoms. The van der Waals surface area contributed by atoms with E-state index in [9.17, 15) is 0 Å². The molecular formula is C21H29N5O. The number of piperidine rings is 1. The van der Waals surface area contributed by atoms with Crippen LogP contribution in [0.1, 0.15) is 35.7 Å². The number of hydrogen-bond acceptors (Lipinski definition) is 6. The second-order valence-corrected chi connectivity index (χ2v) is 7.65. The summed E-state index contributed by atoms with van der Waals surface area (Å²) in [5, 5.41) is 0. The summed E-state index contributed by atoms with van der Waals surface area (Å²) in [6.07, 6.45) is 6.40. The molecule has 3 unspecified atom stereocenters. The lowest BCUT2D eigenvalue weighted by Crippen LogP contribution is -2.46. The molecule has 0 spiro atoms. The maximum absolute atomic E-state index is 5.09. The van der Waals surface area contributed by atoms with Gasteiger partial charge in [-0.2, -0.15) is 0 Å². The number of aromatic nitrogens is 2. The highest BCUT2D eigenvalue weighted by molar-refractivity contribution is 5.23. The fraction of sp³-hybridized carbons (Fsp3) is 0.524. The molecule has 2 aliphatic rings. The van der Waals surface area contributed by atoms with Gasteiger partial charge in [0.2, 0.25) is 0 Å². The Morgan fingerprint density at radius 2 is 2.00 bits per heavy atom. The molecule has 6 heteroatoms. The first-order valence-corrected chi connectivity index (χ1v) is 9.88. The third kappa shape index (κ3) is 4.52. The minimum Gasteiger partial charge on any atom is -0.377 e. The van der Waals surface area contributed by atoms with Gasteiger partial charge in [-0.3, -0.25) is 15.8 Å². The first kappa shape index (κ1) is 18.5. The van der Waals surface area contributed by atoms with Crippen LogP contribution in [-0.2, 0) is 17.9 Å². The van der Waals surface area contributed by atoms with Crippen LogP contribution in [0.2, 0.25) is 0 Å². The van der Waals surface area contributed by atoms with Crippen molar-refractivity contribution in [2.75, 3.05) is 26.7 Å². The molecule has 144 valence electrons. The second-order valence-electron chi connectivity index (χ2n) is 7.65. The summed E-state index contributed by atoms with van der Waals surface area (Å²) in [6, 6.07) is 11.4. The molecule has 27 heavy (non-hydrogen) atoms. The molecule has 0 saturated carbocycles. The van der Waals surface area contributed by atoms with E-state index in [1.165, 1.54) is 24.0 Å². The third-order valence-electron chi connectivity index (χ3n) is 5.74. The number of benzene rings is 1. The van der Waals surface area contributed by atoms with Crippen molar-refractivity contribution < 1.29 is 4.74 Å². The molecule has 2 saturated heterocycles. The van der Waals surface area contributed by atoms with E-state index in [2.05, 4.69) is 56.1 Å². The topological polar surface area (TPSA) is 62.3 Å². The highest BCUT2D eigenvalue weighted by Gasteiger charge is 2.36. The summed E-state index contributed by atoms with van der Waals surface area (Å²) in [7, 11) is 1.67. The van der Waals surface area contributed by atoms with Gasteiger partial charge in [0.05, 0.1) is 0 Å². The van der Waals surface area contributed by atoms with E-state index in [0.717, 1.165) is 32.0 Å². The van der Waals surface area contributed by atoms with E-state index < -0.39 is 0 Å². The van der Waals surface area contributed by atoms with Crippen molar-refractivity contribution in [2.24, 2.45) is 5.92 Å². The zero-order chi connectivity index (χ0) is 18.5. The van der Waals surface area contributed by atoms with Crippen molar-refractivity contribution in [3.05, 3.63) is 59.7 Å². The number of hydrazine groups is 1. The Balaban J connectivity index is 1.39. The summed E-state index contributed by atoms with van der Waals surface area (Å²) in [6.45, 7) is 4.64. The maximum atomic E-state index is 5.09. The van der Waals surface area contributed by atoms with E-state index in [1.54, 1.807) is 7.11 Å². The molecule has 2 aliphatic heterocycles. The van der Waals surface area contributed by atoms with Gasteiger partial charge < -0.3 is 4.74 Å². The van der Waals surface area contributed by atoms with Crippen LogP contribution in [0.4, 0.5) is 0 Å². The summed E-state index contributed by atoms with van der Waals surface area (Å²) in [5.74, 6) is 1.92. The smallest absolute Gasteiger partial charge is 0.153 e. The molecule has 0 aliphatic carbocycles. The van der Waals surface area contributed by atoms with E-state index in [-0.39, 0.29) is 0 Å². The van der Waals surface area contributed by atoms with Gasteiger partial charge in [-0.05, 0) is 30.9 Å². The van der Waals surface area contributed by atoms with E-state index in [1.807, 2.05) is 12.4 Å². The Labute approximate surface area is 161 Å². The van der Waals surface area contributed by atoms with Gasteiger partial charge in [0, 0.05) is 56.7 Å². The number of nitrogens with zero attached hydrogens (tertiary/aromatic N) is 3. The Morgan fingerprint density at radius 3 is 2.78 bits per heavy atom. The minimum atomic E-state index is 0.466. The number of nitrogens with one attached hydrogen (secondary N) is 2. The largest absolute Gasteiger partial charge is 0.377 e. The number of hydrogen-bond donors (Lipinski definition) is 2. The van der Waals surface area contributed by atoms with Gasteiger partial charge >= 0.3 is 0 Å². The average Bonchev–Trinajstić information content (AvgIpc) is 3.21. The molecule has 3 heterocycles. The second kappa shape index (κ2) is 8.89. The number of methoxy groups -OCH3 is 1. The van der Waals surface area contributed by atoms with Crippen molar-refractivity contribution in [1.82, 2.24) is 25.7 Å².